The van der Waals surface area contributed by atoms with E-state index in [1.807, 2.05) is 77.1 Å². The Kier molecular flexibility index (Phi) is 3.96. The second kappa shape index (κ2) is 6.41. The molecule has 0 saturated carbocycles. The number of urea groups is 1. The number of nitrogens with zero attached hydrogens (tertiary/aromatic N) is 2. The summed E-state index contributed by atoms with van der Waals surface area (Å²) in [6.45, 7) is 0. The van der Waals surface area contributed by atoms with E-state index in [4.69, 9.17) is 0 Å². The van der Waals surface area contributed by atoms with E-state index in [-0.39, 0.29) is 6.03 Å². The molecule has 0 aliphatic carbocycles. The first-order valence-electron chi connectivity index (χ1n) is 7.68. The normalized spacial score (nSPS) is 12.7. The van der Waals surface area contributed by atoms with E-state index >= 15 is 0 Å². The Bertz CT molecular complexity index is 861. The molecule has 0 atom stereocenters. The van der Waals surface area contributed by atoms with Crippen LogP contribution in [0.1, 0.15) is 11.3 Å². The number of benzene rings is 2. The first-order chi connectivity index (χ1) is 11.8. The summed E-state index contributed by atoms with van der Waals surface area (Å²) < 4.78 is 1.81. The zero-order valence-electron chi connectivity index (χ0n) is 12.9. The van der Waals surface area contributed by atoms with Crippen molar-refractivity contribution in [3.05, 3.63) is 71.9 Å². The molecular weight excluding hydrogens is 320 g/mol. The van der Waals surface area contributed by atoms with Gasteiger partial charge in [0.1, 0.15) is 5.82 Å². The maximum atomic E-state index is 12.4. The van der Waals surface area contributed by atoms with E-state index in [1.54, 1.807) is 0 Å². The van der Waals surface area contributed by atoms with Gasteiger partial charge >= 0.3 is 6.03 Å². The smallest absolute Gasteiger partial charge is 0.308 e. The van der Waals surface area contributed by atoms with Gasteiger partial charge in [0, 0.05) is 22.8 Å². The van der Waals surface area contributed by atoms with Crippen LogP contribution in [0.15, 0.2) is 60.7 Å². The Morgan fingerprint density at radius 3 is 2.42 bits per heavy atom. The topological polar surface area (TPSA) is 59.0 Å². The molecule has 5 nitrogen and oxygen atoms in total. The van der Waals surface area contributed by atoms with Crippen molar-refractivity contribution in [3.63, 3.8) is 0 Å². The summed E-state index contributed by atoms with van der Waals surface area (Å²) in [4.78, 5) is 12.4. The highest BCUT2D eigenvalue weighted by Gasteiger charge is 2.24. The molecule has 0 fully saturated rings. The second-order valence-corrected chi connectivity index (χ2v) is 6.44. The van der Waals surface area contributed by atoms with E-state index in [2.05, 4.69) is 15.7 Å². The zero-order valence-corrected chi connectivity index (χ0v) is 13.7. The molecule has 1 aliphatic rings. The Balaban J connectivity index is 1.63. The van der Waals surface area contributed by atoms with E-state index in [0.29, 0.717) is 0 Å². The van der Waals surface area contributed by atoms with Crippen molar-refractivity contribution in [2.45, 2.75) is 11.5 Å². The molecule has 2 heterocycles. The molecule has 1 aliphatic heterocycles. The molecule has 1 aromatic heterocycles. The number of para-hydroxylation sites is 2. The van der Waals surface area contributed by atoms with Crippen LogP contribution in [0, 0.1) is 0 Å². The molecule has 120 valence electrons. The number of carbonyl (C=O) groups is 1. The molecule has 0 spiro atoms. The summed E-state index contributed by atoms with van der Waals surface area (Å²) in [6, 6.07) is 19.0. The number of aromatic nitrogens is 2. The second-order valence-electron chi connectivity index (χ2n) is 5.46. The Labute approximate surface area is 144 Å². The molecule has 0 unspecified atom stereocenters. The Morgan fingerprint density at radius 1 is 0.958 bits per heavy atom. The van der Waals surface area contributed by atoms with Gasteiger partial charge in [-0.1, -0.05) is 36.4 Å². The van der Waals surface area contributed by atoms with Gasteiger partial charge in [0.2, 0.25) is 0 Å². The average molecular weight is 336 g/mol. The third-order valence-corrected chi connectivity index (χ3v) is 4.79. The molecule has 3 aromatic rings. The van der Waals surface area contributed by atoms with Gasteiger partial charge in [0.05, 0.1) is 11.4 Å². The van der Waals surface area contributed by atoms with Crippen molar-refractivity contribution in [3.8, 4) is 5.69 Å². The monoisotopic (exact) mass is 336 g/mol. The number of hydrogen-bond donors (Lipinski definition) is 2. The van der Waals surface area contributed by atoms with Gasteiger partial charge in [-0.05, 0) is 24.3 Å². The third-order valence-electron chi connectivity index (χ3n) is 3.82. The van der Waals surface area contributed by atoms with E-state index < -0.39 is 0 Å². The van der Waals surface area contributed by atoms with Crippen LogP contribution in [0.2, 0.25) is 0 Å². The first kappa shape index (κ1) is 14.8. The van der Waals surface area contributed by atoms with E-state index in [1.165, 1.54) is 0 Å². The third kappa shape index (κ3) is 2.88. The average Bonchev–Trinajstić information content (AvgIpc) is 3.19. The summed E-state index contributed by atoms with van der Waals surface area (Å²) in [5.74, 6) is 2.49. The van der Waals surface area contributed by atoms with E-state index in [0.717, 1.165) is 40.0 Å². The standard InChI is InChI=1S/C18H16N4OS/c23-18(19-13-7-3-1-4-8-13)20-17-15-11-24-12-16(15)21-22(17)14-9-5-2-6-10-14/h1-10H,11-12H2,(H2,19,20,23). The molecule has 2 N–H and O–H groups in total. The van der Waals surface area contributed by atoms with Crippen molar-refractivity contribution in [1.82, 2.24) is 9.78 Å². The number of hydrogen-bond acceptors (Lipinski definition) is 3. The fourth-order valence-corrected chi connectivity index (χ4v) is 3.72. The summed E-state index contributed by atoms with van der Waals surface area (Å²) in [5.41, 5.74) is 3.84. The summed E-state index contributed by atoms with van der Waals surface area (Å²) in [5, 5.41) is 10.5. The van der Waals surface area contributed by atoms with Crippen LogP contribution in [-0.4, -0.2) is 15.8 Å². The minimum atomic E-state index is -0.266. The quantitative estimate of drug-likeness (QED) is 0.751. The van der Waals surface area contributed by atoms with Crippen molar-refractivity contribution in [2.75, 3.05) is 10.6 Å². The summed E-state index contributed by atoms with van der Waals surface area (Å²) in [6.07, 6.45) is 0. The van der Waals surface area contributed by atoms with Crippen molar-refractivity contribution in [1.29, 1.82) is 0 Å². The number of fused-ring (bicyclic) bond motifs is 1. The fraction of sp³-hybridized carbons (Fsp3) is 0.111. The maximum Gasteiger partial charge on any atom is 0.324 e. The lowest BCUT2D eigenvalue weighted by Crippen LogP contribution is -2.22. The van der Waals surface area contributed by atoms with E-state index in [9.17, 15) is 4.79 Å². The van der Waals surface area contributed by atoms with Gasteiger partial charge in [-0.15, -0.1) is 0 Å². The van der Waals surface area contributed by atoms with Crippen LogP contribution < -0.4 is 10.6 Å². The highest BCUT2D eigenvalue weighted by molar-refractivity contribution is 7.98. The zero-order chi connectivity index (χ0) is 16.4. The SMILES string of the molecule is O=C(Nc1ccccc1)Nc1c2c(nn1-c1ccccc1)CSC2. The van der Waals surface area contributed by atoms with Gasteiger partial charge in [-0.2, -0.15) is 16.9 Å². The molecule has 0 radical (unpaired) electrons. The van der Waals surface area contributed by atoms with Crippen molar-refractivity contribution in [2.24, 2.45) is 0 Å². The number of thioether (sulfide) groups is 1. The Hall–Kier alpha value is -2.73. The van der Waals surface area contributed by atoms with Crippen LogP contribution in [0.3, 0.4) is 0 Å². The molecule has 4 rings (SSSR count). The number of nitrogens with one attached hydrogen (secondary N) is 2. The predicted octanol–water partition coefficient (Wildman–Crippen LogP) is 4.26. The molecule has 2 amide bonds. The highest BCUT2D eigenvalue weighted by Crippen LogP contribution is 2.36. The van der Waals surface area contributed by atoms with Gasteiger partial charge in [-0.3, -0.25) is 5.32 Å². The summed E-state index contributed by atoms with van der Waals surface area (Å²) in [7, 11) is 0. The minimum absolute atomic E-state index is 0.266. The molecule has 0 saturated heterocycles. The molecule has 0 bridgehead atoms. The lowest BCUT2D eigenvalue weighted by atomic mass is 10.2. The van der Waals surface area contributed by atoms with Gasteiger partial charge in [-0.25, -0.2) is 9.48 Å². The van der Waals surface area contributed by atoms with Gasteiger partial charge in [0.15, 0.2) is 0 Å². The molecule has 6 heteroatoms. The van der Waals surface area contributed by atoms with Crippen molar-refractivity contribution < 1.29 is 4.79 Å². The molecular formula is C18H16N4OS. The highest BCUT2D eigenvalue weighted by atomic mass is 32.2. The fourth-order valence-electron chi connectivity index (χ4n) is 2.69. The minimum Gasteiger partial charge on any atom is -0.308 e. The van der Waals surface area contributed by atoms with Crippen LogP contribution in [0.4, 0.5) is 16.3 Å². The largest absolute Gasteiger partial charge is 0.324 e. The number of carbonyl (C=O) groups excluding carboxylic acids is 1. The lowest BCUT2D eigenvalue weighted by Gasteiger charge is -2.12. The predicted molar refractivity (Wildman–Crippen MR) is 97.6 cm³/mol. The van der Waals surface area contributed by atoms with Crippen LogP contribution in [-0.2, 0) is 11.5 Å². The molecule has 2 aromatic carbocycles. The van der Waals surface area contributed by atoms with Gasteiger partial charge in [0.25, 0.3) is 0 Å². The lowest BCUT2D eigenvalue weighted by molar-refractivity contribution is 0.262. The number of anilines is 2. The van der Waals surface area contributed by atoms with Crippen LogP contribution in [0.5, 0.6) is 0 Å². The maximum absolute atomic E-state index is 12.4. The number of rotatable bonds is 3. The number of amides is 2. The first-order valence-corrected chi connectivity index (χ1v) is 8.84. The van der Waals surface area contributed by atoms with Crippen LogP contribution in [0.25, 0.3) is 5.69 Å². The summed E-state index contributed by atoms with van der Waals surface area (Å²) >= 11 is 1.81. The van der Waals surface area contributed by atoms with Crippen molar-refractivity contribution >= 4 is 29.3 Å². The molecule has 24 heavy (non-hydrogen) atoms. The van der Waals surface area contributed by atoms with Gasteiger partial charge < -0.3 is 5.32 Å². The van der Waals surface area contributed by atoms with Crippen LogP contribution >= 0.6 is 11.8 Å². The Morgan fingerprint density at radius 2 is 1.67 bits per heavy atom.